The van der Waals surface area contributed by atoms with Gasteiger partial charge in [-0.1, -0.05) is 12.1 Å². The van der Waals surface area contributed by atoms with E-state index in [-0.39, 0.29) is 18.3 Å². The lowest BCUT2D eigenvalue weighted by Crippen LogP contribution is -2.26. The lowest BCUT2D eigenvalue weighted by Gasteiger charge is -2.21. The average Bonchev–Trinajstić information content (AvgIpc) is 2.56. The van der Waals surface area contributed by atoms with Crippen LogP contribution in [0.1, 0.15) is 17.7 Å². The number of fused-ring (bicyclic) bond motifs is 1. The van der Waals surface area contributed by atoms with Crippen LogP contribution in [0.2, 0.25) is 0 Å². The Labute approximate surface area is 144 Å². The summed E-state index contributed by atoms with van der Waals surface area (Å²) in [7, 11) is 1.65. The molecule has 4 nitrogen and oxygen atoms in total. The number of benzene rings is 1. The highest BCUT2D eigenvalue weighted by molar-refractivity contribution is 9.10. The number of aromatic nitrogens is 1. The number of aryl methyl sites for hydroxylation is 1. The van der Waals surface area contributed by atoms with Gasteiger partial charge < -0.3 is 9.47 Å². The van der Waals surface area contributed by atoms with E-state index in [4.69, 9.17) is 9.47 Å². The zero-order valence-electron chi connectivity index (χ0n) is 12.9. The number of pyridine rings is 1. The molecular weight excluding hydrogens is 358 g/mol. The number of halogens is 1. The van der Waals surface area contributed by atoms with E-state index in [0.29, 0.717) is 5.75 Å². The molecule has 0 saturated carbocycles. The summed E-state index contributed by atoms with van der Waals surface area (Å²) in [6.45, 7) is 0.0954. The van der Waals surface area contributed by atoms with Crippen molar-refractivity contribution in [3.8, 4) is 11.5 Å². The third kappa shape index (κ3) is 3.72. The molecule has 1 atom stereocenters. The monoisotopic (exact) mass is 375 g/mol. The van der Waals surface area contributed by atoms with E-state index in [1.165, 1.54) is 0 Å². The summed E-state index contributed by atoms with van der Waals surface area (Å²) in [4.78, 5) is 16.8. The van der Waals surface area contributed by atoms with Gasteiger partial charge in [0.25, 0.3) is 0 Å². The molecule has 0 amide bonds. The summed E-state index contributed by atoms with van der Waals surface area (Å²) in [5.41, 5.74) is 2.04. The van der Waals surface area contributed by atoms with Crippen molar-refractivity contribution < 1.29 is 14.3 Å². The third-order valence-electron chi connectivity index (χ3n) is 4.12. The molecule has 5 heteroatoms. The van der Waals surface area contributed by atoms with Gasteiger partial charge in [0.15, 0.2) is 11.5 Å². The molecule has 2 heterocycles. The predicted molar refractivity (Wildman–Crippen MR) is 90.9 cm³/mol. The van der Waals surface area contributed by atoms with Crippen LogP contribution in [0.25, 0.3) is 0 Å². The van der Waals surface area contributed by atoms with Gasteiger partial charge in [0.1, 0.15) is 12.4 Å². The first-order valence-electron chi connectivity index (χ1n) is 7.59. The summed E-state index contributed by atoms with van der Waals surface area (Å²) in [6.07, 6.45) is 4.00. The van der Waals surface area contributed by atoms with Gasteiger partial charge in [-0.2, -0.15) is 0 Å². The van der Waals surface area contributed by atoms with Gasteiger partial charge in [-0.3, -0.25) is 9.78 Å². The van der Waals surface area contributed by atoms with Crippen LogP contribution in [-0.4, -0.2) is 24.5 Å². The fourth-order valence-corrected chi connectivity index (χ4v) is 3.25. The van der Waals surface area contributed by atoms with Crippen LogP contribution < -0.4 is 9.47 Å². The zero-order valence-corrected chi connectivity index (χ0v) is 14.5. The highest BCUT2D eigenvalue weighted by atomic mass is 79.9. The van der Waals surface area contributed by atoms with E-state index in [2.05, 4.69) is 20.9 Å². The molecule has 120 valence electrons. The molecule has 23 heavy (non-hydrogen) atoms. The highest BCUT2D eigenvalue weighted by Gasteiger charge is 2.24. The summed E-state index contributed by atoms with van der Waals surface area (Å²) in [5.74, 6) is 1.62. The maximum atomic E-state index is 12.4. The molecule has 0 N–H and O–H groups in total. The molecule has 1 aliphatic rings. The number of Topliss-reactive ketones (excluding diaryl/α,β-unsaturated/α-hetero) is 1. The predicted octanol–water partition coefficient (Wildman–Crippen LogP) is 3.61. The lowest BCUT2D eigenvalue weighted by atomic mass is 9.89. The number of ether oxygens (including phenoxy) is 2. The Hall–Kier alpha value is -1.88. The van der Waals surface area contributed by atoms with Crippen LogP contribution in [0.5, 0.6) is 11.5 Å². The van der Waals surface area contributed by atoms with E-state index < -0.39 is 0 Å². The number of hydrogen-bond acceptors (Lipinski definition) is 4. The third-order valence-corrected chi connectivity index (χ3v) is 4.74. The van der Waals surface area contributed by atoms with Gasteiger partial charge in [0.2, 0.25) is 0 Å². The minimum Gasteiger partial charge on any atom is -0.497 e. The Kier molecular flexibility index (Phi) is 4.96. The molecule has 1 unspecified atom stereocenters. The van der Waals surface area contributed by atoms with E-state index in [9.17, 15) is 4.79 Å². The van der Waals surface area contributed by atoms with E-state index in [0.717, 1.165) is 40.7 Å². The Morgan fingerprint density at radius 1 is 1.30 bits per heavy atom. The number of hydrogen-bond donors (Lipinski definition) is 0. The van der Waals surface area contributed by atoms with Crippen molar-refractivity contribution in [1.82, 2.24) is 4.98 Å². The molecule has 0 spiro atoms. The summed E-state index contributed by atoms with van der Waals surface area (Å²) < 4.78 is 11.7. The minimum atomic E-state index is -0.0441. The van der Waals surface area contributed by atoms with Crippen molar-refractivity contribution in [2.24, 2.45) is 5.92 Å². The second kappa shape index (κ2) is 7.13. The number of nitrogens with zero attached hydrogens (tertiary/aromatic N) is 1. The van der Waals surface area contributed by atoms with E-state index in [1.807, 2.05) is 30.3 Å². The van der Waals surface area contributed by atoms with Crippen LogP contribution in [0.4, 0.5) is 0 Å². The largest absolute Gasteiger partial charge is 0.497 e. The van der Waals surface area contributed by atoms with Crippen molar-refractivity contribution in [3.05, 3.63) is 52.3 Å². The maximum Gasteiger partial charge on any atom is 0.173 e. The maximum absolute atomic E-state index is 12.4. The smallest absolute Gasteiger partial charge is 0.173 e. The highest BCUT2D eigenvalue weighted by Crippen LogP contribution is 2.31. The molecule has 0 bridgehead atoms. The second-order valence-electron chi connectivity index (χ2n) is 5.61. The molecular formula is C18H18BrNO3. The van der Waals surface area contributed by atoms with E-state index in [1.54, 1.807) is 13.3 Å². The fourth-order valence-electron chi connectivity index (χ4n) is 2.79. The van der Waals surface area contributed by atoms with Gasteiger partial charge in [-0.15, -0.1) is 0 Å². The van der Waals surface area contributed by atoms with Crippen molar-refractivity contribution in [2.75, 3.05) is 13.7 Å². The van der Waals surface area contributed by atoms with Gasteiger partial charge in [0.05, 0.1) is 17.3 Å². The van der Waals surface area contributed by atoms with Gasteiger partial charge in [-0.05, 0) is 59.0 Å². The molecule has 0 saturated heterocycles. The quantitative estimate of drug-likeness (QED) is 0.821. The van der Waals surface area contributed by atoms with Crippen molar-refractivity contribution in [3.63, 3.8) is 0 Å². The number of carbonyl (C=O) groups excluding carboxylic acids is 1. The van der Waals surface area contributed by atoms with E-state index >= 15 is 0 Å². The van der Waals surface area contributed by atoms with Crippen LogP contribution >= 0.6 is 15.9 Å². The first-order chi connectivity index (χ1) is 11.2. The number of rotatable bonds is 3. The zero-order chi connectivity index (χ0) is 16.2. The van der Waals surface area contributed by atoms with Gasteiger partial charge in [0, 0.05) is 12.1 Å². The molecule has 0 aliphatic carbocycles. The Balaban J connectivity index is 1.74. The van der Waals surface area contributed by atoms with Crippen LogP contribution in [-0.2, 0) is 17.6 Å². The molecule has 2 aromatic rings. The van der Waals surface area contributed by atoms with Crippen molar-refractivity contribution in [2.45, 2.75) is 19.3 Å². The van der Waals surface area contributed by atoms with Gasteiger partial charge in [-0.25, -0.2) is 0 Å². The number of methoxy groups -OCH3 is 1. The molecule has 1 aromatic heterocycles. The minimum absolute atomic E-state index is 0.0441. The van der Waals surface area contributed by atoms with Gasteiger partial charge >= 0.3 is 0 Å². The van der Waals surface area contributed by atoms with Crippen LogP contribution in [0.3, 0.4) is 0 Å². The summed E-state index contributed by atoms with van der Waals surface area (Å²) in [5, 5.41) is 0. The molecule has 1 aliphatic heterocycles. The first kappa shape index (κ1) is 16.0. The number of ketones is 1. The Bertz CT molecular complexity index is 700. The first-order valence-corrected chi connectivity index (χ1v) is 8.38. The molecule has 0 fully saturated rings. The molecule has 1 aromatic carbocycles. The van der Waals surface area contributed by atoms with Crippen LogP contribution in [0, 0.1) is 5.92 Å². The van der Waals surface area contributed by atoms with Crippen molar-refractivity contribution in [1.29, 1.82) is 0 Å². The van der Waals surface area contributed by atoms with Crippen molar-refractivity contribution >= 4 is 21.7 Å². The Morgan fingerprint density at radius 3 is 2.83 bits per heavy atom. The summed E-state index contributed by atoms with van der Waals surface area (Å²) >= 11 is 3.46. The summed E-state index contributed by atoms with van der Waals surface area (Å²) in [6, 6.07) is 9.70. The normalized spacial score (nSPS) is 17.7. The molecule has 3 rings (SSSR count). The molecule has 0 radical (unpaired) electrons. The number of carbonyl (C=O) groups is 1. The second-order valence-corrected chi connectivity index (χ2v) is 6.47. The standard InChI is InChI=1S/C18H18BrNO3/c1-22-14-5-2-12(3-6-14)10-13-4-7-16-18(23-11-17(13)21)15(19)8-9-20-16/h2-3,5-6,8-9,13H,4,7,10-11H2,1H3. The average molecular weight is 376 g/mol. The Morgan fingerprint density at radius 2 is 2.09 bits per heavy atom. The lowest BCUT2D eigenvalue weighted by molar-refractivity contribution is -0.125. The van der Waals surface area contributed by atoms with Crippen LogP contribution in [0.15, 0.2) is 41.0 Å². The SMILES string of the molecule is COc1ccc(CC2CCc3nccc(Br)c3OCC2=O)cc1. The topological polar surface area (TPSA) is 48.4 Å². The fraction of sp³-hybridized carbons (Fsp3) is 0.333.